The molecule has 0 radical (unpaired) electrons. The van der Waals surface area contributed by atoms with Gasteiger partial charge in [0.05, 0.1) is 0 Å². The van der Waals surface area contributed by atoms with Crippen LogP contribution in [0.5, 0.6) is 0 Å². The van der Waals surface area contributed by atoms with Gasteiger partial charge >= 0.3 is 0 Å². The van der Waals surface area contributed by atoms with Crippen LogP contribution in [0, 0.1) is 0 Å². The number of hydrogen-bond acceptors (Lipinski definition) is 3. The molecule has 0 bridgehead atoms. The molecule has 1 unspecified atom stereocenters. The second kappa shape index (κ2) is 7.27. The zero-order valence-electron chi connectivity index (χ0n) is 11.7. The van der Waals surface area contributed by atoms with Crippen molar-refractivity contribution < 1.29 is 0 Å². The van der Waals surface area contributed by atoms with Crippen molar-refractivity contribution in [1.29, 1.82) is 0 Å². The standard InChI is InChI=1S/C15H26N2S/c1-3-8-16-9-4-5-13(2)17-10-6-15-14(12-17)7-11-18-15/h7,11,13,16H,3-6,8-10,12H2,1-2H3. The van der Waals surface area contributed by atoms with Gasteiger partial charge in [-0.1, -0.05) is 6.92 Å². The molecule has 1 aliphatic rings. The van der Waals surface area contributed by atoms with Crippen LogP contribution in [0.4, 0.5) is 0 Å². The molecular formula is C15H26N2S. The Bertz CT molecular complexity index is 348. The summed E-state index contributed by atoms with van der Waals surface area (Å²) < 4.78 is 0. The number of fused-ring (bicyclic) bond motifs is 1. The van der Waals surface area contributed by atoms with Crippen LogP contribution in [0.3, 0.4) is 0 Å². The van der Waals surface area contributed by atoms with Gasteiger partial charge in [-0.15, -0.1) is 11.3 Å². The van der Waals surface area contributed by atoms with Crippen molar-refractivity contribution in [2.24, 2.45) is 0 Å². The van der Waals surface area contributed by atoms with Crippen molar-refractivity contribution in [2.75, 3.05) is 19.6 Å². The van der Waals surface area contributed by atoms with Crippen molar-refractivity contribution in [2.45, 2.75) is 52.1 Å². The molecule has 0 spiro atoms. The van der Waals surface area contributed by atoms with Crippen LogP contribution in [-0.4, -0.2) is 30.6 Å². The molecule has 2 rings (SSSR count). The van der Waals surface area contributed by atoms with Gasteiger partial charge in [0.2, 0.25) is 0 Å². The predicted octanol–water partition coefficient (Wildman–Crippen LogP) is 3.27. The second-order valence-electron chi connectivity index (χ2n) is 5.33. The first-order valence-electron chi connectivity index (χ1n) is 7.31. The zero-order valence-corrected chi connectivity index (χ0v) is 12.6. The Morgan fingerprint density at radius 1 is 1.44 bits per heavy atom. The Morgan fingerprint density at radius 3 is 3.17 bits per heavy atom. The Morgan fingerprint density at radius 2 is 2.33 bits per heavy atom. The quantitative estimate of drug-likeness (QED) is 0.762. The van der Waals surface area contributed by atoms with Gasteiger partial charge in [-0.2, -0.15) is 0 Å². The normalized spacial score (nSPS) is 17.7. The van der Waals surface area contributed by atoms with Gasteiger partial charge in [0, 0.05) is 24.0 Å². The number of thiophene rings is 1. The smallest absolute Gasteiger partial charge is 0.0247 e. The molecule has 0 amide bonds. The van der Waals surface area contributed by atoms with Crippen molar-refractivity contribution in [1.82, 2.24) is 10.2 Å². The van der Waals surface area contributed by atoms with E-state index in [2.05, 4.69) is 35.5 Å². The molecule has 102 valence electrons. The zero-order chi connectivity index (χ0) is 12.8. The lowest BCUT2D eigenvalue weighted by Crippen LogP contribution is -2.37. The van der Waals surface area contributed by atoms with E-state index in [0.29, 0.717) is 0 Å². The molecule has 2 heterocycles. The summed E-state index contributed by atoms with van der Waals surface area (Å²) in [6.07, 6.45) is 5.11. The van der Waals surface area contributed by atoms with Crippen LogP contribution < -0.4 is 5.32 Å². The molecular weight excluding hydrogens is 240 g/mol. The first-order chi connectivity index (χ1) is 8.81. The third-order valence-corrected chi connectivity index (χ3v) is 4.89. The van der Waals surface area contributed by atoms with Crippen molar-refractivity contribution in [3.05, 3.63) is 21.9 Å². The van der Waals surface area contributed by atoms with E-state index in [4.69, 9.17) is 0 Å². The Kier molecular flexibility index (Phi) is 5.67. The largest absolute Gasteiger partial charge is 0.317 e. The molecule has 0 aliphatic carbocycles. The number of nitrogens with one attached hydrogen (secondary N) is 1. The first-order valence-corrected chi connectivity index (χ1v) is 8.19. The van der Waals surface area contributed by atoms with Gasteiger partial charge < -0.3 is 5.32 Å². The van der Waals surface area contributed by atoms with Gasteiger partial charge in [0.25, 0.3) is 0 Å². The molecule has 1 aromatic rings. The Labute approximate surface area is 115 Å². The minimum Gasteiger partial charge on any atom is -0.317 e. The fourth-order valence-electron chi connectivity index (χ4n) is 2.65. The molecule has 0 saturated heterocycles. The maximum absolute atomic E-state index is 3.49. The SMILES string of the molecule is CCCNCCCC(C)N1CCc2sccc2C1. The van der Waals surface area contributed by atoms with E-state index in [1.807, 2.05) is 11.3 Å². The lowest BCUT2D eigenvalue weighted by Gasteiger charge is -2.32. The van der Waals surface area contributed by atoms with E-state index in [0.717, 1.165) is 12.6 Å². The molecule has 2 nitrogen and oxygen atoms in total. The molecule has 1 aromatic heterocycles. The van der Waals surface area contributed by atoms with Gasteiger partial charge in [0.1, 0.15) is 0 Å². The summed E-state index contributed by atoms with van der Waals surface area (Å²) in [4.78, 5) is 4.26. The van der Waals surface area contributed by atoms with Crippen LogP contribution in [0.25, 0.3) is 0 Å². The van der Waals surface area contributed by atoms with E-state index in [1.165, 1.54) is 45.3 Å². The van der Waals surface area contributed by atoms with Crippen LogP contribution in [0.15, 0.2) is 11.4 Å². The van der Waals surface area contributed by atoms with E-state index in [1.54, 1.807) is 10.4 Å². The molecule has 0 saturated carbocycles. The molecule has 1 N–H and O–H groups in total. The molecule has 0 fully saturated rings. The molecule has 1 aliphatic heterocycles. The van der Waals surface area contributed by atoms with E-state index >= 15 is 0 Å². The summed E-state index contributed by atoms with van der Waals surface area (Å²) in [6.45, 7) is 9.37. The van der Waals surface area contributed by atoms with Crippen LogP contribution in [-0.2, 0) is 13.0 Å². The second-order valence-corrected chi connectivity index (χ2v) is 6.33. The third kappa shape index (κ3) is 3.81. The van der Waals surface area contributed by atoms with Crippen LogP contribution in [0.2, 0.25) is 0 Å². The maximum atomic E-state index is 3.49. The minimum absolute atomic E-state index is 0.724. The Balaban J connectivity index is 1.69. The third-order valence-electron chi connectivity index (χ3n) is 3.86. The summed E-state index contributed by atoms with van der Waals surface area (Å²) in [5.41, 5.74) is 1.57. The summed E-state index contributed by atoms with van der Waals surface area (Å²) in [5, 5.41) is 5.73. The number of rotatable bonds is 7. The highest BCUT2D eigenvalue weighted by Gasteiger charge is 2.20. The van der Waals surface area contributed by atoms with Crippen molar-refractivity contribution >= 4 is 11.3 Å². The van der Waals surface area contributed by atoms with Crippen molar-refractivity contribution in [3.8, 4) is 0 Å². The highest BCUT2D eigenvalue weighted by atomic mass is 32.1. The number of hydrogen-bond donors (Lipinski definition) is 1. The topological polar surface area (TPSA) is 15.3 Å². The molecule has 0 aromatic carbocycles. The van der Waals surface area contributed by atoms with E-state index < -0.39 is 0 Å². The van der Waals surface area contributed by atoms with Crippen LogP contribution >= 0.6 is 11.3 Å². The van der Waals surface area contributed by atoms with Gasteiger partial charge in [-0.05, 0) is 62.7 Å². The Hall–Kier alpha value is -0.380. The summed E-state index contributed by atoms with van der Waals surface area (Å²) in [7, 11) is 0. The van der Waals surface area contributed by atoms with Crippen molar-refractivity contribution in [3.63, 3.8) is 0 Å². The lowest BCUT2D eigenvalue weighted by atomic mass is 10.1. The highest BCUT2D eigenvalue weighted by Crippen LogP contribution is 2.25. The summed E-state index contributed by atoms with van der Waals surface area (Å²) in [6, 6.07) is 3.03. The lowest BCUT2D eigenvalue weighted by molar-refractivity contribution is 0.181. The average Bonchev–Trinajstić information content (AvgIpc) is 2.85. The van der Waals surface area contributed by atoms with Crippen LogP contribution in [0.1, 0.15) is 43.6 Å². The average molecular weight is 266 g/mol. The maximum Gasteiger partial charge on any atom is 0.0247 e. The van der Waals surface area contributed by atoms with E-state index in [9.17, 15) is 0 Å². The summed E-state index contributed by atoms with van der Waals surface area (Å²) in [5.74, 6) is 0. The fourth-order valence-corrected chi connectivity index (χ4v) is 3.54. The predicted molar refractivity (Wildman–Crippen MR) is 80.3 cm³/mol. The monoisotopic (exact) mass is 266 g/mol. The molecule has 3 heteroatoms. The number of nitrogens with zero attached hydrogens (tertiary/aromatic N) is 1. The minimum atomic E-state index is 0.724. The fraction of sp³-hybridized carbons (Fsp3) is 0.733. The summed E-state index contributed by atoms with van der Waals surface area (Å²) >= 11 is 1.93. The molecule has 1 atom stereocenters. The van der Waals surface area contributed by atoms with E-state index in [-0.39, 0.29) is 0 Å². The molecule has 18 heavy (non-hydrogen) atoms. The van der Waals surface area contributed by atoms with Gasteiger partial charge in [-0.25, -0.2) is 0 Å². The highest BCUT2D eigenvalue weighted by molar-refractivity contribution is 7.10. The van der Waals surface area contributed by atoms with Gasteiger partial charge in [0.15, 0.2) is 0 Å². The van der Waals surface area contributed by atoms with Gasteiger partial charge in [-0.3, -0.25) is 4.90 Å². The first kappa shape index (κ1) is 14.0.